The second-order valence-electron chi connectivity index (χ2n) is 3.00. The zero-order valence-electron chi connectivity index (χ0n) is 7.57. The molecule has 3 heteroatoms. The van der Waals surface area contributed by atoms with E-state index in [1.165, 1.54) is 11.3 Å². The molecule has 0 aliphatic heterocycles. The average Bonchev–Trinajstić information content (AvgIpc) is 2.55. The van der Waals surface area contributed by atoms with Gasteiger partial charge in [0.2, 0.25) is 0 Å². The molecule has 2 nitrogen and oxygen atoms in total. The second-order valence-corrected chi connectivity index (χ2v) is 4.06. The predicted octanol–water partition coefficient (Wildman–Crippen LogP) is 2.89. The summed E-state index contributed by atoms with van der Waals surface area (Å²) >= 11 is 1.38. The van der Waals surface area contributed by atoms with Gasteiger partial charge in [-0.2, -0.15) is 5.26 Å². The van der Waals surface area contributed by atoms with E-state index in [1.54, 1.807) is 6.07 Å². The molecule has 0 saturated carbocycles. The van der Waals surface area contributed by atoms with Gasteiger partial charge in [0.15, 0.2) is 6.29 Å². The van der Waals surface area contributed by atoms with Crippen LogP contribution < -0.4 is 0 Å². The van der Waals surface area contributed by atoms with Crippen LogP contribution in [0.3, 0.4) is 0 Å². The highest BCUT2D eigenvalue weighted by molar-refractivity contribution is 7.21. The Morgan fingerprint density at radius 3 is 2.93 bits per heavy atom. The third-order valence-electron chi connectivity index (χ3n) is 2.23. The van der Waals surface area contributed by atoms with Gasteiger partial charge in [-0.15, -0.1) is 11.3 Å². The normalized spacial score (nSPS) is 10.0. The van der Waals surface area contributed by atoms with E-state index in [2.05, 4.69) is 6.07 Å². The van der Waals surface area contributed by atoms with Crippen LogP contribution in [0.5, 0.6) is 0 Å². The maximum atomic E-state index is 10.7. The molecule has 0 aliphatic rings. The summed E-state index contributed by atoms with van der Waals surface area (Å²) in [5.41, 5.74) is 1.61. The van der Waals surface area contributed by atoms with Crippen molar-refractivity contribution in [2.75, 3.05) is 0 Å². The summed E-state index contributed by atoms with van der Waals surface area (Å²) in [5.74, 6) is 0. The third kappa shape index (κ3) is 1.12. The Bertz CT molecular complexity index is 548. The summed E-state index contributed by atoms with van der Waals surface area (Å²) in [6.07, 6.45) is 0.848. The molecule has 2 rings (SSSR count). The van der Waals surface area contributed by atoms with Gasteiger partial charge in [0.25, 0.3) is 0 Å². The van der Waals surface area contributed by atoms with Crippen LogP contribution in [0.2, 0.25) is 0 Å². The van der Waals surface area contributed by atoms with Crippen LogP contribution in [0.15, 0.2) is 18.2 Å². The molecular formula is C11H7NOS. The second kappa shape index (κ2) is 3.24. The molecule has 14 heavy (non-hydrogen) atoms. The summed E-state index contributed by atoms with van der Waals surface area (Å²) in [5, 5.41) is 9.89. The van der Waals surface area contributed by atoms with Crippen LogP contribution >= 0.6 is 11.3 Å². The third-order valence-corrected chi connectivity index (χ3v) is 3.49. The SMILES string of the molecule is Cc1c(C=O)sc2c(C#N)cccc12. The molecule has 0 atom stereocenters. The topological polar surface area (TPSA) is 40.9 Å². The number of rotatable bonds is 1. The molecule has 1 heterocycles. The highest BCUT2D eigenvalue weighted by atomic mass is 32.1. The number of carbonyl (C=O) groups is 1. The van der Waals surface area contributed by atoms with Gasteiger partial charge in [0.05, 0.1) is 15.1 Å². The summed E-state index contributed by atoms with van der Waals surface area (Å²) in [4.78, 5) is 11.4. The van der Waals surface area contributed by atoms with Gasteiger partial charge in [-0.3, -0.25) is 4.79 Å². The average molecular weight is 201 g/mol. The van der Waals surface area contributed by atoms with Gasteiger partial charge in [0.1, 0.15) is 6.07 Å². The summed E-state index contributed by atoms with van der Waals surface area (Å²) in [6.45, 7) is 1.91. The highest BCUT2D eigenvalue weighted by Gasteiger charge is 2.09. The lowest BCUT2D eigenvalue weighted by Crippen LogP contribution is -1.76. The van der Waals surface area contributed by atoms with Crippen molar-refractivity contribution in [3.8, 4) is 6.07 Å². The number of nitrogens with zero attached hydrogens (tertiary/aromatic N) is 1. The van der Waals surface area contributed by atoms with E-state index in [0.29, 0.717) is 10.4 Å². The molecule has 0 spiro atoms. The number of hydrogen-bond acceptors (Lipinski definition) is 3. The van der Waals surface area contributed by atoms with Crippen LogP contribution in [0.1, 0.15) is 20.8 Å². The first-order valence-corrected chi connectivity index (χ1v) is 4.97. The monoisotopic (exact) mass is 201 g/mol. The van der Waals surface area contributed by atoms with Gasteiger partial charge in [-0.1, -0.05) is 12.1 Å². The molecule has 0 N–H and O–H groups in total. The molecule has 2 aromatic rings. The van der Waals surface area contributed by atoms with Crippen molar-refractivity contribution in [2.45, 2.75) is 6.92 Å². The Morgan fingerprint density at radius 2 is 2.29 bits per heavy atom. The van der Waals surface area contributed by atoms with Gasteiger partial charge in [0, 0.05) is 0 Å². The van der Waals surface area contributed by atoms with Crippen molar-refractivity contribution in [1.82, 2.24) is 0 Å². The van der Waals surface area contributed by atoms with Crippen molar-refractivity contribution in [3.05, 3.63) is 34.2 Å². The fourth-order valence-electron chi connectivity index (χ4n) is 1.46. The van der Waals surface area contributed by atoms with E-state index in [9.17, 15) is 4.79 Å². The van der Waals surface area contributed by atoms with Crippen molar-refractivity contribution in [3.63, 3.8) is 0 Å². The maximum Gasteiger partial charge on any atom is 0.160 e. The summed E-state index contributed by atoms with van der Waals surface area (Å²) in [6, 6.07) is 7.68. The van der Waals surface area contributed by atoms with Gasteiger partial charge in [-0.05, 0) is 23.9 Å². The zero-order chi connectivity index (χ0) is 10.1. The minimum absolute atomic E-state index is 0.642. The molecular weight excluding hydrogens is 194 g/mol. The molecule has 0 amide bonds. The van der Waals surface area contributed by atoms with E-state index in [-0.39, 0.29) is 0 Å². The number of carbonyl (C=O) groups excluding carboxylic acids is 1. The number of aryl methyl sites for hydroxylation is 1. The molecule has 0 fully saturated rings. The molecule has 0 radical (unpaired) electrons. The number of hydrogen-bond donors (Lipinski definition) is 0. The molecule has 0 bridgehead atoms. The lowest BCUT2D eigenvalue weighted by molar-refractivity contribution is 0.112. The number of benzene rings is 1. The number of aldehydes is 1. The van der Waals surface area contributed by atoms with Gasteiger partial charge >= 0.3 is 0 Å². The van der Waals surface area contributed by atoms with Crippen molar-refractivity contribution in [2.24, 2.45) is 0 Å². The van der Waals surface area contributed by atoms with Crippen molar-refractivity contribution < 1.29 is 4.79 Å². The van der Waals surface area contributed by atoms with Gasteiger partial charge < -0.3 is 0 Å². The molecule has 0 saturated heterocycles. The molecule has 1 aromatic carbocycles. The van der Waals surface area contributed by atoms with Crippen LogP contribution in [-0.4, -0.2) is 6.29 Å². The first-order chi connectivity index (χ1) is 6.77. The standard InChI is InChI=1S/C11H7NOS/c1-7-9-4-2-3-8(5-12)11(9)14-10(7)6-13/h2-4,6H,1H3. The number of thiophene rings is 1. The first kappa shape index (κ1) is 8.92. The minimum atomic E-state index is 0.642. The molecule has 68 valence electrons. The van der Waals surface area contributed by atoms with Crippen LogP contribution in [0.25, 0.3) is 10.1 Å². The summed E-state index contributed by atoms with van der Waals surface area (Å²) in [7, 11) is 0. The van der Waals surface area contributed by atoms with Crippen LogP contribution in [-0.2, 0) is 0 Å². The van der Waals surface area contributed by atoms with E-state index in [4.69, 9.17) is 5.26 Å². The fraction of sp³-hybridized carbons (Fsp3) is 0.0909. The van der Waals surface area contributed by atoms with Gasteiger partial charge in [-0.25, -0.2) is 0 Å². The fourth-order valence-corrected chi connectivity index (χ4v) is 2.55. The number of nitriles is 1. The zero-order valence-corrected chi connectivity index (χ0v) is 8.39. The highest BCUT2D eigenvalue weighted by Crippen LogP contribution is 2.31. The van der Waals surface area contributed by atoms with Crippen LogP contribution in [0.4, 0.5) is 0 Å². The lowest BCUT2D eigenvalue weighted by Gasteiger charge is -1.92. The Kier molecular flexibility index (Phi) is 2.06. The minimum Gasteiger partial charge on any atom is -0.297 e. The first-order valence-electron chi connectivity index (χ1n) is 4.15. The lowest BCUT2D eigenvalue weighted by atomic mass is 10.1. The smallest absolute Gasteiger partial charge is 0.160 e. The van der Waals surface area contributed by atoms with E-state index >= 15 is 0 Å². The van der Waals surface area contributed by atoms with E-state index in [0.717, 1.165) is 21.9 Å². The Hall–Kier alpha value is -1.66. The predicted molar refractivity (Wildman–Crippen MR) is 56.7 cm³/mol. The quantitative estimate of drug-likeness (QED) is 0.665. The number of fused-ring (bicyclic) bond motifs is 1. The Balaban J connectivity index is 2.92. The van der Waals surface area contributed by atoms with E-state index < -0.39 is 0 Å². The van der Waals surface area contributed by atoms with E-state index in [1.807, 2.05) is 19.1 Å². The molecule has 0 unspecified atom stereocenters. The molecule has 0 aliphatic carbocycles. The maximum absolute atomic E-state index is 10.7. The Morgan fingerprint density at radius 1 is 1.50 bits per heavy atom. The summed E-state index contributed by atoms with van der Waals surface area (Å²) < 4.78 is 0.912. The van der Waals surface area contributed by atoms with Crippen LogP contribution in [0, 0.1) is 18.3 Å². The Labute approximate surface area is 85.4 Å². The largest absolute Gasteiger partial charge is 0.297 e. The molecule has 1 aromatic heterocycles. The van der Waals surface area contributed by atoms with Crippen molar-refractivity contribution >= 4 is 27.7 Å². The van der Waals surface area contributed by atoms with Crippen molar-refractivity contribution in [1.29, 1.82) is 5.26 Å².